The molecule has 0 bridgehead atoms. The molecule has 1 N–H and O–H groups in total. The second kappa shape index (κ2) is 7.42. The molecule has 4 rings (SSSR count). The highest BCUT2D eigenvalue weighted by Crippen LogP contribution is 2.31. The summed E-state index contributed by atoms with van der Waals surface area (Å²) in [5, 5.41) is 10.8. The van der Waals surface area contributed by atoms with Gasteiger partial charge in [0.05, 0.1) is 0 Å². The Balaban J connectivity index is 1.58. The van der Waals surface area contributed by atoms with Crippen LogP contribution in [0.1, 0.15) is 74.7 Å². The summed E-state index contributed by atoms with van der Waals surface area (Å²) >= 11 is 0. The van der Waals surface area contributed by atoms with E-state index in [1.807, 2.05) is 6.07 Å². The molecule has 2 fully saturated rings. The van der Waals surface area contributed by atoms with Gasteiger partial charge in [-0.25, -0.2) is 0 Å². The van der Waals surface area contributed by atoms with Crippen LogP contribution in [0.2, 0.25) is 0 Å². The zero-order valence-corrected chi connectivity index (χ0v) is 14.6. The summed E-state index contributed by atoms with van der Waals surface area (Å²) in [4.78, 5) is 15.5. The Labute approximate surface area is 148 Å². The first-order chi connectivity index (χ1) is 12.3. The first-order valence-corrected chi connectivity index (χ1v) is 9.62. The topological polar surface area (TPSA) is 75.0 Å². The molecule has 2 aliphatic carbocycles. The lowest BCUT2D eigenvalue weighted by atomic mass is 9.88. The standard InChI is InChI=1S/C19H26N4O2/c24-19(17-13-18(25-22-17)16-11-12-20-21-16)23(14-7-3-1-4-8-14)15-9-5-2-6-10-15/h11-15H,1-10H2,(H,20,21). The number of H-pyrrole nitrogens is 1. The highest BCUT2D eigenvalue weighted by molar-refractivity contribution is 5.93. The van der Waals surface area contributed by atoms with Crippen molar-refractivity contribution in [3.63, 3.8) is 0 Å². The van der Waals surface area contributed by atoms with Crippen LogP contribution in [-0.2, 0) is 0 Å². The number of nitrogens with zero attached hydrogens (tertiary/aromatic N) is 3. The molecule has 0 spiro atoms. The lowest BCUT2D eigenvalue weighted by molar-refractivity contribution is 0.0438. The average Bonchev–Trinajstić information content (AvgIpc) is 3.35. The van der Waals surface area contributed by atoms with E-state index in [2.05, 4.69) is 20.3 Å². The van der Waals surface area contributed by atoms with Crippen LogP contribution < -0.4 is 0 Å². The number of nitrogens with one attached hydrogen (secondary N) is 1. The molecule has 6 heteroatoms. The number of hydrogen-bond acceptors (Lipinski definition) is 4. The van der Waals surface area contributed by atoms with Gasteiger partial charge in [0.1, 0.15) is 5.69 Å². The number of carbonyl (C=O) groups is 1. The van der Waals surface area contributed by atoms with Gasteiger partial charge in [0.2, 0.25) is 0 Å². The van der Waals surface area contributed by atoms with Gasteiger partial charge in [-0.1, -0.05) is 43.7 Å². The number of rotatable bonds is 4. The molecule has 0 aliphatic heterocycles. The third kappa shape index (κ3) is 3.48. The SMILES string of the molecule is O=C(c1cc(-c2ccn[nH]2)on1)N(C1CCCCC1)C1CCCCC1. The van der Waals surface area contributed by atoms with Gasteiger partial charge in [-0.05, 0) is 31.7 Å². The molecule has 0 saturated heterocycles. The van der Waals surface area contributed by atoms with Crippen molar-refractivity contribution in [2.45, 2.75) is 76.3 Å². The normalized spacial score (nSPS) is 19.8. The molecule has 0 radical (unpaired) electrons. The van der Waals surface area contributed by atoms with Crippen LogP contribution in [0, 0.1) is 0 Å². The fourth-order valence-electron chi connectivity index (χ4n) is 4.38. The lowest BCUT2D eigenvalue weighted by Gasteiger charge is -2.41. The second-order valence-electron chi connectivity index (χ2n) is 7.34. The molecule has 25 heavy (non-hydrogen) atoms. The molecule has 2 saturated carbocycles. The van der Waals surface area contributed by atoms with E-state index in [9.17, 15) is 4.79 Å². The Morgan fingerprint density at radius 2 is 1.68 bits per heavy atom. The van der Waals surface area contributed by atoms with E-state index in [-0.39, 0.29) is 5.91 Å². The van der Waals surface area contributed by atoms with Gasteiger partial charge in [0.25, 0.3) is 5.91 Å². The average molecular weight is 342 g/mol. The summed E-state index contributed by atoms with van der Waals surface area (Å²) in [5.41, 5.74) is 1.16. The second-order valence-corrected chi connectivity index (χ2v) is 7.34. The maximum Gasteiger partial charge on any atom is 0.276 e. The summed E-state index contributed by atoms with van der Waals surface area (Å²) in [7, 11) is 0. The summed E-state index contributed by atoms with van der Waals surface area (Å²) in [6, 6.07) is 4.27. The zero-order valence-electron chi connectivity index (χ0n) is 14.6. The van der Waals surface area contributed by atoms with Crippen molar-refractivity contribution in [1.82, 2.24) is 20.3 Å². The Bertz CT molecular complexity index is 664. The molecule has 2 heterocycles. The van der Waals surface area contributed by atoms with Gasteiger partial charge in [-0.15, -0.1) is 0 Å². The Morgan fingerprint density at radius 1 is 1.04 bits per heavy atom. The minimum absolute atomic E-state index is 0.0355. The molecular weight excluding hydrogens is 316 g/mol. The number of amides is 1. The summed E-state index contributed by atoms with van der Waals surface area (Å²) in [6.07, 6.45) is 13.6. The van der Waals surface area contributed by atoms with E-state index in [1.165, 1.54) is 38.5 Å². The van der Waals surface area contributed by atoms with Crippen LogP contribution >= 0.6 is 0 Å². The smallest absolute Gasteiger partial charge is 0.276 e. The minimum Gasteiger partial charge on any atom is -0.354 e. The summed E-state index contributed by atoms with van der Waals surface area (Å²) < 4.78 is 5.39. The number of aromatic nitrogens is 3. The largest absolute Gasteiger partial charge is 0.354 e. The molecule has 2 aromatic rings. The Hall–Kier alpha value is -2.11. The van der Waals surface area contributed by atoms with E-state index in [1.54, 1.807) is 12.3 Å². The predicted octanol–water partition coefficient (Wildman–Crippen LogP) is 4.17. The monoisotopic (exact) mass is 342 g/mol. The first-order valence-electron chi connectivity index (χ1n) is 9.62. The van der Waals surface area contributed by atoms with Crippen molar-refractivity contribution in [1.29, 1.82) is 0 Å². The van der Waals surface area contributed by atoms with Gasteiger partial charge >= 0.3 is 0 Å². The third-order valence-corrected chi connectivity index (χ3v) is 5.67. The van der Waals surface area contributed by atoms with Crippen LogP contribution in [0.25, 0.3) is 11.5 Å². The predicted molar refractivity (Wildman–Crippen MR) is 94.0 cm³/mol. The molecule has 0 aromatic carbocycles. The molecule has 2 aliphatic rings. The molecule has 1 amide bonds. The number of aromatic amines is 1. The Kier molecular flexibility index (Phi) is 4.85. The number of hydrogen-bond donors (Lipinski definition) is 1. The van der Waals surface area contributed by atoms with Crippen LogP contribution in [0.4, 0.5) is 0 Å². The van der Waals surface area contributed by atoms with Gasteiger partial charge in [0.15, 0.2) is 11.5 Å². The van der Waals surface area contributed by atoms with E-state index in [0.717, 1.165) is 31.4 Å². The molecule has 0 atom stereocenters. The van der Waals surface area contributed by atoms with Crippen molar-refractivity contribution in [3.05, 3.63) is 24.0 Å². The third-order valence-electron chi connectivity index (χ3n) is 5.67. The quantitative estimate of drug-likeness (QED) is 0.905. The summed E-state index contributed by atoms with van der Waals surface area (Å²) in [5.74, 6) is 0.599. The fourth-order valence-corrected chi connectivity index (χ4v) is 4.38. The maximum atomic E-state index is 13.3. The fraction of sp³-hybridized carbons (Fsp3) is 0.632. The first kappa shape index (κ1) is 16.4. The van der Waals surface area contributed by atoms with Crippen molar-refractivity contribution in [3.8, 4) is 11.5 Å². The minimum atomic E-state index is 0.0355. The van der Waals surface area contributed by atoms with E-state index < -0.39 is 0 Å². The van der Waals surface area contributed by atoms with Crippen LogP contribution in [0.3, 0.4) is 0 Å². The van der Waals surface area contributed by atoms with Gasteiger partial charge in [0, 0.05) is 24.3 Å². The molecule has 2 aromatic heterocycles. The van der Waals surface area contributed by atoms with Gasteiger partial charge < -0.3 is 9.42 Å². The highest BCUT2D eigenvalue weighted by atomic mass is 16.5. The van der Waals surface area contributed by atoms with Crippen molar-refractivity contribution in [2.75, 3.05) is 0 Å². The summed E-state index contributed by atoms with van der Waals surface area (Å²) in [6.45, 7) is 0. The van der Waals surface area contributed by atoms with Crippen LogP contribution in [-0.4, -0.2) is 38.2 Å². The highest BCUT2D eigenvalue weighted by Gasteiger charge is 2.34. The molecule has 134 valence electrons. The van der Waals surface area contributed by atoms with Crippen molar-refractivity contribution in [2.24, 2.45) is 0 Å². The van der Waals surface area contributed by atoms with Crippen molar-refractivity contribution < 1.29 is 9.32 Å². The van der Waals surface area contributed by atoms with E-state index in [4.69, 9.17) is 4.52 Å². The maximum absolute atomic E-state index is 13.3. The van der Waals surface area contributed by atoms with Gasteiger partial charge in [-0.2, -0.15) is 5.10 Å². The van der Waals surface area contributed by atoms with E-state index >= 15 is 0 Å². The molecule has 6 nitrogen and oxygen atoms in total. The molecular formula is C19H26N4O2. The zero-order chi connectivity index (χ0) is 17.1. The van der Waals surface area contributed by atoms with E-state index in [0.29, 0.717) is 23.5 Å². The Morgan fingerprint density at radius 3 is 2.24 bits per heavy atom. The molecule has 0 unspecified atom stereocenters. The van der Waals surface area contributed by atoms with Crippen molar-refractivity contribution >= 4 is 5.91 Å². The van der Waals surface area contributed by atoms with Crippen LogP contribution in [0.5, 0.6) is 0 Å². The van der Waals surface area contributed by atoms with Crippen LogP contribution in [0.15, 0.2) is 22.9 Å². The van der Waals surface area contributed by atoms with Gasteiger partial charge in [-0.3, -0.25) is 9.89 Å². The lowest BCUT2D eigenvalue weighted by Crippen LogP contribution is -2.48. The number of carbonyl (C=O) groups excluding carboxylic acids is 1.